The van der Waals surface area contributed by atoms with Crippen molar-refractivity contribution in [3.05, 3.63) is 29.8 Å². The lowest BCUT2D eigenvalue weighted by molar-refractivity contribution is -0.123. The Hall–Kier alpha value is -1.34. The molecule has 0 radical (unpaired) electrons. The normalized spacial score (nSPS) is 13.0. The third-order valence-electron chi connectivity index (χ3n) is 2.65. The van der Waals surface area contributed by atoms with Gasteiger partial charge in [0.25, 0.3) is 0 Å². The van der Waals surface area contributed by atoms with Gasteiger partial charge in [-0.05, 0) is 6.07 Å². The topological polar surface area (TPSA) is 93.8 Å². The van der Waals surface area contributed by atoms with Crippen molar-refractivity contribution in [3.63, 3.8) is 0 Å². The zero-order chi connectivity index (χ0) is 14.3. The summed E-state index contributed by atoms with van der Waals surface area (Å²) in [6.07, 6.45) is -0.852. The lowest BCUT2D eigenvalue weighted by atomic mass is 10.1. The van der Waals surface area contributed by atoms with Gasteiger partial charge in [-0.25, -0.2) is 0 Å². The maximum atomic E-state index is 11.6. The smallest absolute Gasteiger partial charge is 0.239 e. The summed E-state index contributed by atoms with van der Waals surface area (Å²) in [5.41, 5.74) is 6.18. The molecule has 7 heteroatoms. The second kappa shape index (κ2) is 9.55. The molecule has 1 aromatic carbocycles. The van der Waals surface area contributed by atoms with E-state index in [0.29, 0.717) is 11.3 Å². The predicted octanol–water partition coefficient (Wildman–Crippen LogP) is 0.240. The number of carbonyl (C=O) groups is 1. The highest BCUT2D eigenvalue weighted by Crippen LogP contribution is 2.23. The largest absolute Gasteiger partial charge is 0.496 e. The molecule has 0 aliphatic heterocycles. The van der Waals surface area contributed by atoms with Crippen LogP contribution in [0.2, 0.25) is 0 Å². The number of rotatable bonds is 7. The van der Waals surface area contributed by atoms with Crippen molar-refractivity contribution in [2.75, 3.05) is 27.4 Å². The van der Waals surface area contributed by atoms with E-state index in [0.717, 1.165) is 0 Å². The zero-order valence-electron chi connectivity index (χ0n) is 11.5. The molecule has 0 saturated heterocycles. The first kappa shape index (κ1) is 18.7. The third kappa shape index (κ3) is 5.34. The Morgan fingerprint density at radius 3 is 2.65 bits per heavy atom. The van der Waals surface area contributed by atoms with Crippen molar-refractivity contribution in [3.8, 4) is 5.75 Å². The monoisotopic (exact) mass is 304 g/mol. The Morgan fingerprint density at radius 1 is 1.40 bits per heavy atom. The first-order valence-corrected chi connectivity index (χ1v) is 5.93. The average molecular weight is 305 g/mol. The number of halogens is 1. The highest BCUT2D eigenvalue weighted by molar-refractivity contribution is 5.85. The minimum atomic E-state index is -0.852. The van der Waals surface area contributed by atoms with Gasteiger partial charge in [-0.3, -0.25) is 4.79 Å². The quantitative estimate of drug-likeness (QED) is 0.671. The van der Waals surface area contributed by atoms with Crippen LogP contribution in [-0.2, 0) is 9.53 Å². The van der Waals surface area contributed by atoms with Crippen LogP contribution in [0, 0.1) is 0 Å². The number of ether oxygens (including phenoxy) is 2. The van der Waals surface area contributed by atoms with Gasteiger partial charge in [-0.15, -0.1) is 12.4 Å². The van der Waals surface area contributed by atoms with Crippen LogP contribution in [0.3, 0.4) is 0 Å². The van der Waals surface area contributed by atoms with Crippen molar-refractivity contribution in [2.24, 2.45) is 5.73 Å². The number of hydrogen-bond donors (Lipinski definition) is 3. The molecule has 0 aromatic heterocycles. The molecule has 20 heavy (non-hydrogen) atoms. The molecule has 1 amide bonds. The Morgan fingerprint density at radius 2 is 2.05 bits per heavy atom. The maximum Gasteiger partial charge on any atom is 0.239 e. The summed E-state index contributed by atoms with van der Waals surface area (Å²) in [6.45, 7) is 0.202. The number of methoxy groups -OCH3 is 2. The third-order valence-corrected chi connectivity index (χ3v) is 2.65. The van der Waals surface area contributed by atoms with E-state index >= 15 is 0 Å². The fraction of sp³-hybridized carbons (Fsp3) is 0.462. The van der Waals surface area contributed by atoms with Crippen molar-refractivity contribution in [1.29, 1.82) is 0 Å². The van der Waals surface area contributed by atoms with E-state index in [4.69, 9.17) is 15.2 Å². The Kier molecular flexibility index (Phi) is 8.91. The summed E-state index contributed by atoms with van der Waals surface area (Å²) < 4.78 is 9.93. The molecule has 0 saturated carbocycles. The minimum Gasteiger partial charge on any atom is -0.496 e. The number of benzene rings is 1. The van der Waals surface area contributed by atoms with Crippen LogP contribution < -0.4 is 15.8 Å². The zero-order valence-corrected chi connectivity index (χ0v) is 12.4. The second-order valence-electron chi connectivity index (χ2n) is 4.06. The van der Waals surface area contributed by atoms with Crippen molar-refractivity contribution in [2.45, 2.75) is 12.1 Å². The number of aliphatic hydroxyl groups is 1. The fourth-order valence-corrected chi connectivity index (χ4v) is 1.64. The second-order valence-corrected chi connectivity index (χ2v) is 4.06. The predicted molar refractivity (Wildman–Crippen MR) is 78.1 cm³/mol. The van der Waals surface area contributed by atoms with Crippen LogP contribution in [0.15, 0.2) is 24.3 Å². The first-order valence-electron chi connectivity index (χ1n) is 5.93. The molecule has 0 heterocycles. The van der Waals surface area contributed by atoms with Crippen LogP contribution in [-0.4, -0.2) is 44.4 Å². The van der Waals surface area contributed by atoms with Gasteiger partial charge in [0.1, 0.15) is 11.8 Å². The lowest BCUT2D eigenvalue weighted by Crippen LogP contribution is -2.44. The summed E-state index contributed by atoms with van der Waals surface area (Å²) in [7, 11) is 3.00. The summed E-state index contributed by atoms with van der Waals surface area (Å²) in [5, 5.41) is 12.6. The van der Waals surface area contributed by atoms with Gasteiger partial charge in [0.2, 0.25) is 5.91 Å². The van der Waals surface area contributed by atoms with Crippen LogP contribution in [0.5, 0.6) is 5.75 Å². The number of para-hydroxylation sites is 1. The van der Waals surface area contributed by atoms with Gasteiger partial charge in [-0.1, -0.05) is 18.2 Å². The Bertz CT molecular complexity index is 417. The van der Waals surface area contributed by atoms with E-state index in [9.17, 15) is 9.90 Å². The molecule has 6 nitrogen and oxygen atoms in total. The molecule has 0 bridgehead atoms. The van der Waals surface area contributed by atoms with E-state index in [1.54, 1.807) is 18.2 Å². The fourth-order valence-electron chi connectivity index (χ4n) is 1.64. The highest BCUT2D eigenvalue weighted by atomic mass is 35.5. The van der Waals surface area contributed by atoms with Crippen LogP contribution >= 0.6 is 12.4 Å². The van der Waals surface area contributed by atoms with Gasteiger partial charge in [0, 0.05) is 19.2 Å². The number of nitrogens with one attached hydrogen (secondary N) is 1. The number of nitrogens with two attached hydrogens (primary N) is 1. The molecule has 4 N–H and O–H groups in total. The molecule has 0 fully saturated rings. The molecule has 0 aliphatic rings. The SMILES string of the molecule is COCC(N)C(=O)NCC(O)c1ccccc1OC.Cl. The first-order chi connectivity index (χ1) is 9.10. The molecule has 1 aromatic rings. The van der Waals surface area contributed by atoms with E-state index in [1.165, 1.54) is 14.2 Å². The van der Waals surface area contributed by atoms with Crippen LogP contribution in [0.1, 0.15) is 11.7 Å². The summed E-state index contributed by atoms with van der Waals surface area (Å²) in [6, 6.07) is 6.35. The van der Waals surface area contributed by atoms with Gasteiger partial charge in [-0.2, -0.15) is 0 Å². The van der Waals surface area contributed by atoms with Gasteiger partial charge < -0.3 is 25.6 Å². The molecule has 1 rings (SSSR count). The molecule has 114 valence electrons. The van der Waals surface area contributed by atoms with E-state index in [2.05, 4.69) is 5.32 Å². The minimum absolute atomic E-state index is 0. The molecular formula is C13H21ClN2O4. The number of aliphatic hydroxyl groups excluding tert-OH is 1. The Balaban J connectivity index is 0.00000361. The molecule has 2 unspecified atom stereocenters. The van der Waals surface area contributed by atoms with Crippen molar-refractivity contribution < 1.29 is 19.4 Å². The number of amides is 1. The molecule has 0 spiro atoms. The number of hydrogen-bond acceptors (Lipinski definition) is 5. The molecular weight excluding hydrogens is 284 g/mol. The van der Waals surface area contributed by atoms with Crippen LogP contribution in [0.4, 0.5) is 0 Å². The Labute approximate surface area is 124 Å². The maximum absolute atomic E-state index is 11.6. The summed E-state index contributed by atoms with van der Waals surface area (Å²) in [4.78, 5) is 11.6. The van der Waals surface area contributed by atoms with Gasteiger partial charge in [0.05, 0.1) is 19.8 Å². The van der Waals surface area contributed by atoms with Crippen molar-refractivity contribution >= 4 is 18.3 Å². The lowest BCUT2D eigenvalue weighted by Gasteiger charge is -2.17. The van der Waals surface area contributed by atoms with E-state index < -0.39 is 12.1 Å². The highest BCUT2D eigenvalue weighted by Gasteiger charge is 2.17. The summed E-state index contributed by atoms with van der Waals surface area (Å²) in [5.74, 6) is 0.209. The summed E-state index contributed by atoms with van der Waals surface area (Å²) >= 11 is 0. The van der Waals surface area contributed by atoms with E-state index in [1.807, 2.05) is 6.07 Å². The standard InChI is InChI=1S/C13H20N2O4.ClH/c1-18-8-10(14)13(17)15-7-11(16)9-5-3-4-6-12(9)19-2;/h3-6,10-11,16H,7-8,14H2,1-2H3,(H,15,17);1H. The van der Waals surface area contributed by atoms with Gasteiger partial charge >= 0.3 is 0 Å². The molecule has 0 aliphatic carbocycles. The number of carbonyl (C=O) groups excluding carboxylic acids is 1. The van der Waals surface area contributed by atoms with Crippen LogP contribution in [0.25, 0.3) is 0 Å². The van der Waals surface area contributed by atoms with Gasteiger partial charge in [0.15, 0.2) is 0 Å². The average Bonchev–Trinajstić information content (AvgIpc) is 2.44. The van der Waals surface area contributed by atoms with Crippen molar-refractivity contribution in [1.82, 2.24) is 5.32 Å². The molecule has 2 atom stereocenters. The van der Waals surface area contributed by atoms with E-state index in [-0.39, 0.29) is 31.5 Å².